The lowest BCUT2D eigenvalue weighted by molar-refractivity contribution is 0.669. The van der Waals surface area contributed by atoms with Gasteiger partial charge in [-0.2, -0.15) is 0 Å². The molecule has 0 unspecified atom stereocenters. The molecule has 3 heteroatoms. The maximum atomic E-state index is 6.34. The lowest BCUT2D eigenvalue weighted by atomic mass is 9.96. The zero-order valence-electron chi connectivity index (χ0n) is 34.4. The molecule has 0 saturated heterocycles. The molecule has 2 heterocycles. The first-order valence-electron chi connectivity index (χ1n) is 21.5. The zero-order chi connectivity index (χ0) is 41.7. The van der Waals surface area contributed by atoms with Crippen LogP contribution in [0.1, 0.15) is 0 Å². The molecule has 0 saturated carbocycles. The van der Waals surface area contributed by atoms with Crippen LogP contribution >= 0.6 is 0 Å². The second-order valence-corrected chi connectivity index (χ2v) is 16.1. The summed E-state index contributed by atoms with van der Waals surface area (Å²) in [5, 5.41) is 4.76. The van der Waals surface area contributed by atoms with E-state index in [1.807, 2.05) is 12.1 Å². The van der Waals surface area contributed by atoms with Gasteiger partial charge in [0.2, 0.25) is 0 Å². The number of benzene rings is 10. The summed E-state index contributed by atoms with van der Waals surface area (Å²) in [6.07, 6.45) is 0. The van der Waals surface area contributed by atoms with Crippen molar-refractivity contribution < 1.29 is 4.42 Å². The molecule has 3 nitrogen and oxygen atoms in total. The van der Waals surface area contributed by atoms with Crippen LogP contribution in [0.5, 0.6) is 0 Å². The van der Waals surface area contributed by atoms with Crippen LogP contribution in [0.3, 0.4) is 0 Å². The largest absolute Gasteiger partial charge is 0.456 e. The van der Waals surface area contributed by atoms with Crippen molar-refractivity contribution >= 4 is 60.8 Å². The van der Waals surface area contributed by atoms with Gasteiger partial charge < -0.3 is 13.9 Å². The number of anilines is 3. The predicted molar refractivity (Wildman–Crippen MR) is 264 cm³/mol. The molecule has 0 fully saturated rings. The molecule has 63 heavy (non-hydrogen) atoms. The van der Waals surface area contributed by atoms with E-state index in [4.69, 9.17) is 4.42 Å². The molecule has 12 rings (SSSR count). The number of fused-ring (bicyclic) bond motifs is 6. The maximum absolute atomic E-state index is 6.34. The van der Waals surface area contributed by atoms with Gasteiger partial charge in [-0.05, 0) is 112 Å². The summed E-state index contributed by atoms with van der Waals surface area (Å²) >= 11 is 0. The van der Waals surface area contributed by atoms with Crippen LogP contribution in [0, 0.1) is 0 Å². The van der Waals surface area contributed by atoms with E-state index in [2.05, 4.69) is 240 Å². The van der Waals surface area contributed by atoms with Crippen LogP contribution in [0.15, 0.2) is 247 Å². The predicted octanol–water partition coefficient (Wildman–Crippen LogP) is 16.8. The van der Waals surface area contributed by atoms with E-state index in [-0.39, 0.29) is 0 Å². The van der Waals surface area contributed by atoms with Gasteiger partial charge in [0, 0.05) is 44.2 Å². The van der Waals surface area contributed by atoms with E-state index < -0.39 is 0 Å². The van der Waals surface area contributed by atoms with Crippen LogP contribution in [0.4, 0.5) is 17.1 Å². The Kier molecular flexibility index (Phi) is 8.83. The molecule has 0 spiro atoms. The zero-order valence-corrected chi connectivity index (χ0v) is 34.4. The van der Waals surface area contributed by atoms with Crippen molar-refractivity contribution in [2.75, 3.05) is 4.90 Å². The Balaban J connectivity index is 0.996. The van der Waals surface area contributed by atoms with Gasteiger partial charge in [-0.15, -0.1) is 0 Å². The summed E-state index contributed by atoms with van der Waals surface area (Å²) in [5.41, 5.74) is 17.8. The third-order valence-electron chi connectivity index (χ3n) is 12.4. The van der Waals surface area contributed by atoms with Gasteiger partial charge in [0.05, 0.1) is 16.7 Å². The molecule has 0 aliphatic rings. The summed E-state index contributed by atoms with van der Waals surface area (Å²) in [6, 6.07) is 87.2. The number of furan rings is 1. The molecule has 0 bridgehead atoms. The monoisotopic (exact) mass is 804 g/mol. The van der Waals surface area contributed by atoms with Gasteiger partial charge >= 0.3 is 0 Å². The highest BCUT2D eigenvalue weighted by Gasteiger charge is 2.20. The summed E-state index contributed by atoms with van der Waals surface area (Å²) in [7, 11) is 0. The van der Waals surface area contributed by atoms with E-state index in [9.17, 15) is 0 Å². The van der Waals surface area contributed by atoms with E-state index >= 15 is 0 Å². The van der Waals surface area contributed by atoms with Crippen molar-refractivity contribution in [3.05, 3.63) is 243 Å². The smallest absolute Gasteiger partial charge is 0.136 e. The van der Waals surface area contributed by atoms with Gasteiger partial charge in [0.1, 0.15) is 11.2 Å². The summed E-state index contributed by atoms with van der Waals surface area (Å²) in [5.74, 6) is 0. The first-order chi connectivity index (χ1) is 31.2. The van der Waals surface area contributed by atoms with E-state index in [0.717, 1.165) is 78.1 Å². The summed E-state index contributed by atoms with van der Waals surface area (Å²) in [4.78, 5) is 2.40. The Morgan fingerprint density at radius 1 is 0.317 bits per heavy atom. The third-order valence-corrected chi connectivity index (χ3v) is 12.4. The fourth-order valence-corrected chi connectivity index (χ4v) is 9.49. The summed E-state index contributed by atoms with van der Waals surface area (Å²) in [6.45, 7) is 0. The third kappa shape index (κ3) is 6.38. The lowest BCUT2D eigenvalue weighted by Gasteiger charge is -2.28. The quantitative estimate of drug-likeness (QED) is 0.153. The standard InChI is InChI=1S/C60H40N2O/c1-2-16-41(17-3-1)43-18-12-20-45(38-43)50-24-4-8-29-55(50)61(48-22-14-21-46(40-48)51-28-15-33-59-60(51)54-27-7-11-32-58(54)63-59)47-36-34-42(35-37-47)44-19-13-23-49(39-44)62-56-30-9-5-25-52(56)53-26-6-10-31-57(53)62/h1-40H. The molecule has 12 aromatic rings. The van der Waals surface area contributed by atoms with Crippen molar-refractivity contribution in [1.29, 1.82) is 0 Å². The highest BCUT2D eigenvalue weighted by atomic mass is 16.3. The van der Waals surface area contributed by atoms with Gasteiger partial charge in [-0.1, -0.05) is 170 Å². The van der Waals surface area contributed by atoms with Crippen molar-refractivity contribution in [2.24, 2.45) is 0 Å². The highest BCUT2D eigenvalue weighted by molar-refractivity contribution is 6.13. The van der Waals surface area contributed by atoms with Crippen molar-refractivity contribution in [1.82, 2.24) is 4.57 Å². The van der Waals surface area contributed by atoms with Crippen LogP contribution in [-0.4, -0.2) is 4.57 Å². The first kappa shape index (κ1) is 36.5. The van der Waals surface area contributed by atoms with E-state index in [1.165, 1.54) is 32.9 Å². The minimum atomic E-state index is 0.886. The van der Waals surface area contributed by atoms with Crippen molar-refractivity contribution in [3.63, 3.8) is 0 Å². The number of aromatic nitrogens is 1. The van der Waals surface area contributed by atoms with Gasteiger partial charge in [-0.3, -0.25) is 0 Å². The topological polar surface area (TPSA) is 21.3 Å². The molecular weight excluding hydrogens is 765 g/mol. The lowest BCUT2D eigenvalue weighted by Crippen LogP contribution is -2.11. The second-order valence-electron chi connectivity index (χ2n) is 16.1. The van der Waals surface area contributed by atoms with Crippen LogP contribution < -0.4 is 4.90 Å². The average molecular weight is 805 g/mol. The molecule has 2 aromatic heterocycles. The summed E-state index contributed by atoms with van der Waals surface area (Å²) < 4.78 is 8.72. The maximum Gasteiger partial charge on any atom is 0.136 e. The number of rotatable bonds is 8. The van der Waals surface area contributed by atoms with Gasteiger partial charge in [0.15, 0.2) is 0 Å². The number of hydrogen-bond acceptors (Lipinski definition) is 2. The Hall–Kier alpha value is -8.40. The average Bonchev–Trinajstić information content (AvgIpc) is 3.91. The Morgan fingerprint density at radius 2 is 0.857 bits per heavy atom. The Labute approximate surface area is 366 Å². The van der Waals surface area contributed by atoms with Crippen molar-refractivity contribution in [3.8, 4) is 50.2 Å². The van der Waals surface area contributed by atoms with Gasteiger partial charge in [0.25, 0.3) is 0 Å². The van der Waals surface area contributed by atoms with Crippen LogP contribution in [-0.2, 0) is 0 Å². The molecule has 0 radical (unpaired) electrons. The normalized spacial score (nSPS) is 11.5. The molecule has 0 atom stereocenters. The first-order valence-corrected chi connectivity index (χ1v) is 21.5. The molecule has 10 aromatic carbocycles. The second kappa shape index (κ2) is 15.3. The van der Waals surface area contributed by atoms with Crippen molar-refractivity contribution in [2.45, 2.75) is 0 Å². The molecule has 0 aliphatic heterocycles. The fourth-order valence-electron chi connectivity index (χ4n) is 9.49. The van der Waals surface area contributed by atoms with E-state index in [0.29, 0.717) is 0 Å². The molecule has 296 valence electrons. The number of nitrogens with zero attached hydrogens (tertiary/aromatic N) is 2. The van der Waals surface area contributed by atoms with Crippen LogP contribution in [0.2, 0.25) is 0 Å². The van der Waals surface area contributed by atoms with E-state index in [1.54, 1.807) is 0 Å². The fraction of sp³-hybridized carbons (Fsp3) is 0. The molecule has 0 aliphatic carbocycles. The molecule has 0 amide bonds. The highest BCUT2D eigenvalue weighted by Crippen LogP contribution is 2.44. The SMILES string of the molecule is c1ccc(-c2cccc(-c3ccccc3N(c3ccc(-c4cccc(-n5c6ccccc6c6ccccc65)c4)cc3)c3cccc(-c4cccc5oc6ccccc6c45)c3)c2)cc1. The van der Waals surface area contributed by atoms with Crippen LogP contribution in [0.25, 0.3) is 93.9 Å². The Morgan fingerprint density at radius 3 is 1.65 bits per heavy atom. The van der Waals surface area contributed by atoms with Gasteiger partial charge in [-0.25, -0.2) is 0 Å². The minimum Gasteiger partial charge on any atom is -0.456 e. The number of hydrogen-bond donors (Lipinski definition) is 0. The molecule has 0 N–H and O–H groups in total. The number of para-hydroxylation sites is 4. The minimum absolute atomic E-state index is 0.886. The Bertz CT molecular complexity index is 3580. The molecular formula is C60H40N2O.